The van der Waals surface area contributed by atoms with E-state index in [0.29, 0.717) is 6.61 Å². The molecule has 0 aliphatic heterocycles. The maximum atomic E-state index is 9.64. The van der Waals surface area contributed by atoms with Crippen molar-refractivity contribution in [2.45, 2.75) is 85.4 Å². The van der Waals surface area contributed by atoms with Crippen LogP contribution in [0.5, 0.6) is 0 Å². The van der Waals surface area contributed by atoms with Gasteiger partial charge in [0.1, 0.15) is 0 Å². The van der Waals surface area contributed by atoms with E-state index >= 15 is 0 Å². The smallest absolute Gasteiger partial charge is 0.154 e. The first-order chi connectivity index (χ1) is 8.52. The van der Waals surface area contributed by atoms with Crippen LogP contribution in [0.4, 0.5) is 0 Å². The van der Waals surface area contributed by atoms with Gasteiger partial charge in [-0.2, -0.15) is 9.90 Å². The van der Waals surface area contributed by atoms with E-state index in [-0.39, 0.29) is 9.90 Å². The minimum atomic E-state index is -0.540. The van der Waals surface area contributed by atoms with Gasteiger partial charge < -0.3 is 9.84 Å². The zero-order valence-electron chi connectivity index (χ0n) is 13.7. The number of hydrogen-bond donors (Lipinski definition) is 1. The summed E-state index contributed by atoms with van der Waals surface area (Å²) in [4.78, 5) is 0. The summed E-state index contributed by atoms with van der Waals surface area (Å²) < 4.78 is 5.41. The summed E-state index contributed by atoms with van der Waals surface area (Å²) in [5.41, 5.74) is 0. The lowest BCUT2D eigenvalue weighted by atomic mass is 10.1. The van der Waals surface area contributed by atoms with Gasteiger partial charge in [0.25, 0.3) is 0 Å². The fraction of sp³-hybridized carbons (Fsp3) is 1.00. The molecule has 0 spiro atoms. The van der Waals surface area contributed by atoms with Gasteiger partial charge in [-0.3, -0.25) is 0 Å². The molecule has 0 saturated carbocycles. The zero-order valence-corrected chi connectivity index (χ0v) is 15.1. The maximum absolute atomic E-state index is 9.64. The molecule has 0 amide bonds. The van der Waals surface area contributed by atoms with E-state index in [4.69, 9.17) is 4.74 Å². The molecule has 0 aromatic rings. The Morgan fingerprint density at radius 3 is 1.74 bits per heavy atom. The quantitative estimate of drug-likeness (QED) is 0.318. The van der Waals surface area contributed by atoms with E-state index in [1.807, 2.05) is 0 Å². The van der Waals surface area contributed by atoms with Crippen LogP contribution < -0.4 is 0 Å². The third kappa shape index (κ3) is 18.4. The first-order valence-electron chi connectivity index (χ1n) is 7.82. The summed E-state index contributed by atoms with van der Waals surface area (Å²) in [5, 5.41) is 9.64. The van der Waals surface area contributed by atoms with E-state index in [9.17, 15) is 5.11 Å². The minimum Gasteiger partial charge on any atom is -0.368 e. The number of ether oxygens (including phenoxy) is 1. The Bertz CT molecular complexity index is 172. The highest BCUT2D eigenvalue weighted by Crippen LogP contribution is 2.11. The molecule has 0 saturated heterocycles. The van der Waals surface area contributed by atoms with Crippen molar-refractivity contribution in [3.8, 4) is 0 Å². The van der Waals surface area contributed by atoms with Crippen LogP contribution in [0.2, 0.25) is 0 Å². The Balaban J connectivity index is 0. The van der Waals surface area contributed by atoms with Crippen LogP contribution in [0.15, 0.2) is 0 Å². The lowest BCUT2D eigenvalue weighted by molar-refractivity contribution is -0.105. The fourth-order valence-electron chi connectivity index (χ4n) is 2.01. The van der Waals surface area contributed by atoms with Crippen LogP contribution in [0.1, 0.15) is 79.1 Å². The highest BCUT2D eigenvalue weighted by molar-refractivity contribution is 6.92. The van der Waals surface area contributed by atoms with Crippen molar-refractivity contribution in [2.24, 2.45) is 11.8 Å². The van der Waals surface area contributed by atoms with Gasteiger partial charge in [0.2, 0.25) is 0 Å². The van der Waals surface area contributed by atoms with Gasteiger partial charge in [-0.1, -0.05) is 59.8 Å². The first kappa shape index (κ1) is 21.6. The van der Waals surface area contributed by atoms with Gasteiger partial charge in [-0.05, 0) is 31.1 Å². The summed E-state index contributed by atoms with van der Waals surface area (Å²) in [6.07, 6.45) is 8.67. The minimum absolute atomic E-state index is 0. The van der Waals surface area contributed by atoms with Crippen LogP contribution >= 0.6 is 9.90 Å². The molecule has 3 heteroatoms. The number of aliphatic hydroxyl groups excluding tert-OH is 1. The fourth-order valence-corrected chi connectivity index (χ4v) is 2.01. The topological polar surface area (TPSA) is 29.5 Å². The van der Waals surface area contributed by atoms with Crippen LogP contribution in [0.25, 0.3) is 0 Å². The molecule has 0 radical (unpaired) electrons. The standard InChI is InChI=1S/C16H34O2.H3P/c1-14(2)10-6-5-9-13-18-16(17)12-8-7-11-15(3)4;/h14-17H,5-13H2,1-4H3;1H3. The van der Waals surface area contributed by atoms with Crippen LogP contribution in [0.3, 0.4) is 0 Å². The molecule has 0 aliphatic rings. The van der Waals surface area contributed by atoms with Crippen molar-refractivity contribution in [3.05, 3.63) is 0 Å². The Morgan fingerprint density at radius 1 is 0.737 bits per heavy atom. The Hall–Kier alpha value is 0.350. The number of hydrogen-bond acceptors (Lipinski definition) is 2. The Kier molecular flexibility index (Phi) is 16.8. The summed E-state index contributed by atoms with van der Waals surface area (Å²) in [5.74, 6) is 1.57. The van der Waals surface area contributed by atoms with Crippen molar-refractivity contribution < 1.29 is 9.84 Å². The van der Waals surface area contributed by atoms with Crippen LogP contribution in [-0.4, -0.2) is 18.0 Å². The predicted octanol–water partition coefficient (Wildman–Crippen LogP) is 4.81. The third-order valence-electron chi connectivity index (χ3n) is 3.22. The molecule has 0 fully saturated rings. The zero-order chi connectivity index (χ0) is 13.8. The largest absolute Gasteiger partial charge is 0.368 e. The molecular weight excluding hydrogens is 255 g/mol. The lowest BCUT2D eigenvalue weighted by Gasteiger charge is -2.12. The van der Waals surface area contributed by atoms with E-state index in [1.54, 1.807) is 0 Å². The molecule has 0 bridgehead atoms. The molecule has 0 rings (SSSR count). The predicted molar refractivity (Wildman–Crippen MR) is 89.7 cm³/mol. The molecule has 0 aromatic carbocycles. The molecule has 0 aliphatic carbocycles. The van der Waals surface area contributed by atoms with Gasteiger partial charge in [0, 0.05) is 6.61 Å². The number of aliphatic hydroxyl groups is 1. The third-order valence-corrected chi connectivity index (χ3v) is 3.22. The molecule has 2 nitrogen and oxygen atoms in total. The molecule has 0 heterocycles. The van der Waals surface area contributed by atoms with Crippen LogP contribution in [0, 0.1) is 11.8 Å². The van der Waals surface area contributed by atoms with Crippen molar-refractivity contribution in [2.75, 3.05) is 6.61 Å². The molecule has 2 atom stereocenters. The molecule has 0 aromatic heterocycles. The summed E-state index contributed by atoms with van der Waals surface area (Å²) in [6.45, 7) is 9.71. The van der Waals surface area contributed by atoms with Gasteiger partial charge in [0.05, 0.1) is 0 Å². The van der Waals surface area contributed by atoms with Crippen molar-refractivity contribution >= 4 is 9.90 Å². The van der Waals surface area contributed by atoms with E-state index in [0.717, 1.165) is 31.1 Å². The molecule has 1 N–H and O–H groups in total. The summed E-state index contributed by atoms with van der Waals surface area (Å²) >= 11 is 0. The number of unbranched alkanes of at least 4 members (excludes halogenated alkanes) is 3. The summed E-state index contributed by atoms with van der Waals surface area (Å²) in [6, 6.07) is 0. The van der Waals surface area contributed by atoms with Gasteiger partial charge in [0.15, 0.2) is 6.29 Å². The Morgan fingerprint density at radius 2 is 1.21 bits per heavy atom. The van der Waals surface area contributed by atoms with Crippen molar-refractivity contribution in [3.63, 3.8) is 0 Å². The normalized spacial score (nSPS) is 12.8. The van der Waals surface area contributed by atoms with Crippen molar-refractivity contribution in [1.29, 1.82) is 0 Å². The second-order valence-electron chi connectivity index (χ2n) is 6.25. The highest BCUT2D eigenvalue weighted by Gasteiger charge is 2.04. The number of rotatable bonds is 12. The molecular formula is C16H37O2P. The lowest BCUT2D eigenvalue weighted by Crippen LogP contribution is -2.12. The monoisotopic (exact) mass is 292 g/mol. The highest BCUT2D eigenvalue weighted by atomic mass is 31.0. The SMILES string of the molecule is CC(C)CCCCCOC(O)CCCCC(C)C.P. The van der Waals surface area contributed by atoms with Crippen molar-refractivity contribution in [1.82, 2.24) is 0 Å². The average Bonchev–Trinajstić information content (AvgIpc) is 2.28. The Labute approximate surface area is 124 Å². The first-order valence-corrected chi connectivity index (χ1v) is 7.82. The van der Waals surface area contributed by atoms with Gasteiger partial charge in [-0.15, -0.1) is 0 Å². The van der Waals surface area contributed by atoms with E-state index in [1.165, 1.54) is 32.1 Å². The average molecular weight is 292 g/mol. The molecule has 19 heavy (non-hydrogen) atoms. The summed E-state index contributed by atoms with van der Waals surface area (Å²) in [7, 11) is 0. The van der Waals surface area contributed by atoms with Crippen LogP contribution in [-0.2, 0) is 4.74 Å². The van der Waals surface area contributed by atoms with E-state index in [2.05, 4.69) is 27.7 Å². The second-order valence-corrected chi connectivity index (χ2v) is 6.25. The molecule has 118 valence electrons. The van der Waals surface area contributed by atoms with Gasteiger partial charge in [-0.25, -0.2) is 0 Å². The second kappa shape index (κ2) is 14.8. The van der Waals surface area contributed by atoms with E-state index < -0.39 is 6.29 Å². The maximum Gasteiger partial charge on any atom is 0.154 e. The van der Waals surface area contributed by atoms with Gasteiger partial charge >= 0.3 is 0 Å². The molecule has 2 unspecified atom stereocenters.